The summed E-state index contributed by atoms with van der Waals surface area (Å²) in [6, 6.07) is 0.497. The molecule has 1 rings (SSSR count). The Hall–Kier alpha value is -0.760. The summed E-state index contributed by atoms with van der Waals surface area (Å²) < 4.78 is 38.2. The number of nitrogens with two attached hydrogens (primary N) is 1. The third-order valence-electron chi connectivity index (χ3n) is 1.70. The van der Waals surface area contributed by atoms with Gasteiger partial charge < -0.3 is 5.73 Å². The summed E-state index contributed by atoms with van der Waals surface area (Å²) >= 11 is 0. The van der Waals surface area contributed by atoms with Gasteiger partial charge in [-0.05, 0) is 13.0 Å². The van der Waals surface area contributed by atoms with E-state index < -0.39 is 21.9 Å². The number of rotatable bonds is 4. The third-order valence-corrected chi connectivity index (χ3v) is 3.26. The van der Waals surface area contributed by atoms with Crippen molar-refractivity contribution >= 4 is 22.4 Å². The normalized spacial score (nSPS) is 12.9. The second kappa shape index (κ2) is 6.09. The maximum absolute atomic E-state index is 12.7. The molecule has 1 aromatic rings. The van der Waals surface area contributed by atoms with Gasteiger partial charge in [0.25, 0.3) is 0 Å². The monoisotopic (exact) mass is 269 g/mol. The average molecular weight is 270 g/mol. The van der Waals surface area contributed by atoms with E-state index in [1.165, 1.54) is 0 Å². The molecule has 1 aromatic heterocycles. The van der Waals surface area contributed by atoms with Crippen molar-refractivity contribution in [2.45, 2.75) is 17.9 Å². The zero-order valence-electron chi connectivity index (χ0n) is 8.55. The van der Waals surface area contributed by atoms with E-state index in [9.17, 15) is 12.8 Å². The van der Waals surface area contributed by atoms with E-state index in [-0.39, 0.29) is 23.8 Å². The van der Waals surface area contributed by atoms with Crippen LogP contribution in [-0.2, 0) is 10.0 Å². The van der Waals surface area contributed by atoms with Crippen LogP contribution in [0, 0.1) is 5.82 Å². The molecule has 0 aliphatic carbocycles. The summed E-state index contributed by atoms with van der Waals surface area (Å²) in [7, 11) is -3.73. The highest BCUT2D eigenvalue weighted by Crippen LogP contribution is 2.08. The van der Waals surface area contributed by atoms with Crippen molar-refractivity contribution in [1.29, 1.82) is 0 Å². The van der Waals surface area contributed by atoms with Crippen molar-refractivity contribution < 1.29 is 12.8 Å². The number of hydrogen-bond donors (Lipinski definition) is 2. The Bertz CT molecular complexity index is 441. The summed E-state index contributed by atoms with van der Waals surface area (Å²) in [6.07, 6.45) is 2.01. The Labute approximate surface area is 99.7 Å². The molecule has 0 amide bonds. The van der Waals surface area contributed by atoms with E-state index in [2.05, 4.69) is 9.71 Å². The minimum absolute atomic E-state index is 0. The van der Waals surface area contributed by atoms with Gasteiger partial charge in [-0.25, -0.2) is 17.5 Å². The molecule has 0 saturated carbocycles. The minimum Gasteiger partial charge on any atom is -0.329 e. The van der Waals surface area contributed by atoms with Crippen molar-refractivity contribution in [3.8, 4) is 0 Å². The molecule has 0 radical (unpaired) electrons. The molecule has 0 aromatic carbocycles. The fourth-order valence-electron chi connectivity index (χ4n) is 0.920. The largest absolute Gasteiger partial charge is 0.329 e. The van der Waals surface area contributed by atoms with Gasteiger partial charge in [0.2, 0.25) is 10.0 Å². The van der Waals surface area contributed by atoms with Gasteiger partial charge >= 0.3 is 0 Å². The molecule has 0 bridgehead atoms. The Balaban J connectivity index is 0.00000225. The molecule has 8 heteroatoms. The van der Waals surface area contributed by atoms with Gasteiger partial charge in [-0.3, -0.25) is 4.98 Å². The van der Waals surface area contributed by atoms with Gasteiger partial charge in [0, 0.05) is 18.8 Å². The maximum Gasteiger partial charge on any atom is 0.242 e. The van der Waals surface area contributed by atoms with Crippen molar-refractivity contribution in [3.63, 3.8) is 0 Å². The lowest BCUT2D eigenvalue weighted by Crippen LogP contribution is -2.37. The summed E-state index contributed by atoms with van der Waals surface area (Å²) in [4.78, 5) is 3.25. The summed E-state index contributed by atoms with van der Waals surface area (Å²) in [5.74, 6) is -0.696. The second-order valence-corrected chi connectivity index (χ2v) is 4.81. The number of aromatic nitrogens is 1. The molecular formula is C8H13ClFN3O2S. The highest BCUT2D eigenvalue weighted by molar-refractivity contribution is 7.89. The van der Waals surface area contributed by atoms with Gasteiger partial charge in [-0.2, -0.15) is 0 Å². The number of pyridine rings is 1. The predicted octanol–water partition coefficient (Wildman–Crippen LogP) is 0.268. The molecule has 1 heterocycles. The van der Waals surface area contributed by atoms with Gasteiger partial charge in [0.05, 0.1) is 6.20 Å². The first kappa shape index (κ1) is 15.2. The minimum atomic E-state index is -3.73. The third kappa shape index (κ3) is 4.01. The van der Waals surface area contributed by atoms with E-state index in [1.807, 2.05) is 0 Å². The fourth-order valence-corrected chi connectivity index (χ4v) is 2.15. The molecule has 16 heavy (non-hydrogen) atoms. The van der Waals surface area contributed by atoms with Crippen LogP contribution in [-0.4, -0.2) is 26.0 Å². The number of hydrogen-bond acceptors (Lipinski definition) is 4. The van der Waals surface area contributed by atoms with Gasteiger partial charge in [0.1, 0.15) is 10.7 Å². The molecule has 0 unspecified atom stereocenters. The highest BCUT2D eigenvalue weighted by atomic mass is 35.5. The molecule has 0 aliphatic rings. The topological polar surface area (TPSA) is 85.1 Å². The predicted molar refractivity (Wildman–Crippen MR) is 60.3 cm³/mol. The molecule has 0 saturated heterocycles. The molecule has 5 nitrogen and oxygen atoms in total. The molecule has 3 N–H and O–H groups in total. The first-order valence-corrected chi connectivity index (χ1v) is 5.77. The number of nitrogens with one attached hydrogen (secondary N) is 1. The maximum atomic E-state index is 12.7. The quantitative estimate of drug-likeness (QED) is 0.822. The van der Waals surface area contributed by atoms with Gasteiger partial charge in [0.15, 0.2) is 0 Å². The van der Waals surface area contributed by atoms with E-state index in [1.54, 1.807) is 6.92 Å². The molecule has 92 valence electrons. The van der Waals surface area contributed by atoms with E-state index in [4.69, 9.17) is 5.73 Å². The van der Waals surface area contributed by atoms with Crippen LogP contribution in [0.4, 0.5) is 4.39 Å². The molecule has 0 spiro atoms. The Morgan fingerprint density at radius 1 is 1.56 bits per heavy atom. The average Bonchev–Trinajstić information content (AvgIpc) is 2.17. The molecular weight excluding hydrogens is 257 g/mol. The smallest absolute Gasteiger partial charge is 0.242 e. The number of sulfonamides is 1. The van der Waals surface area contributed by atoms with Crippen LogP contribution >= 0.6 is 12.4 Å². The van der Waals surface area contributed by atoms with Crippen molar-refractivity contribution in [2.24, 2.45) is 5.73 Å². The van der Waals surface area contributed by atoms with Gasteiger partial charge in [-0.1, -0.05) is 0 Å². The van der Waals surface area contributed by atoms with Crippen LogP contribution in [0.25, 0.3) is 0 Å². The lowest BCUT2D eigenvalue weighted by molar-refractivity contribution is 0.558. The summed E-state index contributed by atoms with van der Waals surface area (Å²) in [6.45, 7) is 1.78. The summed E-state index contributed by atoms with van der Waals surface area (Å²) in [5.41, 5.74) is 5.27. The number of nitrogens with zero attached hydrogens (tertiary/aromatic N) is 1. The van der Waals surface area contributed by atoms with E-state index >= 15 is 0 Å². The molecule has 0 fully saturated rings. The van der Waals surface area contributed by atoms with Crippen LogP contribution in [0.3, 0.4) is 0 Å². The molecule has 0 aliphatic heterocycles. The lowest BCUT2D eigenvalue weighted by atomic mass is 10.4. The van der Waals surface area contributed by atoms with E-state index in [0.29, 0.717) is 0 Å². The van der Waals surface area contributed by atoms with Crippen LogP contribution in [0.1, 0.15) is 6.92 Å². The van der Waals surface area contributed by atoms with Crippen LogP contribution in [0.5, 0.6) is 0 Å². The summed E-state index contributed by atoms with van der Waals surface area (Å²) in [5, 5.41) is 0. The van der Waals surface area contributed by atoms with Crippen molar-refractivity contribution in [2.75, 3.05) is 6.54 Å². The second-order valence-electron chi connectivity index (χ2n) is 3.10. The van der Waals surface area contributed by atoms with Crippen LogP contribution in [0.2, 0.25) is 0 Å². The van der Waals surface area contributed by atoms with E-state index in [0.717, 1.165) is 18.5 Å². The lowest BCUT2D eigenvalue weighted by Gasteiger charge is -2.11. The van der Waals surface area contributed by atoms with Crippen molar-refractivity contribution in [1.82, 2.24) is 9.71 Å². The van der Waals surface area contributed by atoms with Crippen LogP contribution in [0.15, 0.2) is 23.4 Å². The first-order chi connectivity index (χ1) is 6.95. The van der Waals surface area contributed by atoms with Gasteiger partial charge in [-0.15, -0.1) is 12.4 Å². The van der Waals surface area contributed by atoms with Crippen LogP contribution < -0.4 is 10.5 Å². The molecule has 1 atom stereocenters. The Morgan fingerprint density at radius 2 is 2.19 bits per heavy atom. The fraction of sp³-hybridized carbons (Fsp3) is 0.375. The Kier molecular flexibility index (Phi) is 5.80. The van der Waals surface area contributed by atoms with Crippen molar-refractivity contribution in [3.05, 3.63) is 24.3 Å². The zero-order chi connectivity index (χ0) is 11.5. The first-order valence-electron chi connectivity index (χ1n) is 4.28. The standard InChI is InChI=1S/C8H12FN3O2S.ClH/c1-6(3-10)12-15(13,14)8-2-7(9)4-11-5-8;/h2,4-6,12H,3,10H2,1H3;1H/t6-;/m1./s1. The zero-order valence-corrected chi connectivity index (χ0v) is 10.2. The Morgan fingerprint density at radius 3 is 2.69 bits per heavy atom. The SMILES string of the molecule is C[C@H](CN)NS(=O)(=O)c1cncc(F)c1.Cl. The highest BCUT2D eigenvalue weighted by Gasteiger charge is 2.17. The number of halogens is 2.